The molecule has 2 rings (SSSR count). The van der Waals surface area contributed by atoms with Crippen molar-refractivity contribution < 1.29 is 9.59 Å². The van der Waals surface area contributed by atoms with E-state index in [-0.39, 0.29) is 11.8 Å². The Bertz CT molecular complexity index is 607. The quantitative estimate of drug-likeness (QED) is 0.782. The number of hydrogen-bond donors (Lipinski definition) is 2. The van der Waals surface area contributed by atoms with Crippen molar-refractivity contribution in [3.8, 4) is 5.69 Å². The van der Waals surface area contributed by atoms with E-state index in [2.05, 4.69) is 15.7 Å². The molecule has 1 aromatic heterocycles. The van der Waals surface area contributed by atoms with Gasteiger partial charge in [-0.05, 0) is 18.6 Å². The summed E-state index contributed by atoms with van der Waals surface area (Å²) < 4.78 is 1.66. The van der Waals surface area contributed by atoms with E-state index >= 15 is 0 Å². The van der Waals surface area contributed by atoms with Crippen molar-refractivity contribution in [2.24, 2.45) is 0 Å². The molecule has 110 valence electrons. The zero-order valence-corrected chi connectivity index (χ0v) is 11.9. The molecule has 0 unspecified atom stereocenters. The van der Waals surface area contributed by atoms with Crippen LogP contribution < -0.4 is 10.6 Å². The summed E-state index contributed by atoms with van der Waals surface area (Å²) in [5, 5.41) is 9.65. The molecule has 0 spiro atoms. The first-order valence-electron chi connectivity index (χ1n) is 6.79. The molecule has 0 aliphatic carbocycles. The second-order valence-corrected chi connectivity index (χ2v) is 4.60. The summed E-state index contributed by atoms with van der Waals surface area (Å²) in [6, 6.07) is 9.59. The van der Waals surface area contributed by atoms with Gasteiger partial charge >= 0.3 is 0 Å². The van der Waals surface area contributed by atoms with E-state index in [0.29, 0.717) is 25.1 Å². The Balaban J connectivity index is 1.84. The van der Waals surface area contributed by atoms with Gasteiger partial charge in [0.1, 0.15) is 0 Å². The number of aromatic nitrogens is 2. The van der Waals surface area contributed by atoms with E-state index in [1.807, 2.05) is 30.3 Å². The Morgan fingerprint density at radius 1 is 1.14 bits per heavy atom. The first-order chi connectivity index (χ1) is 10.2. The SMILES string of the molecule is CC(=O)NCCCNC(=O)c1cnn(-c2ccccc2)c1. The highest BCUT2D eigenvalue weighted by atomic mass is 16.2. The highest BCUT2D eigenvalue weighted by Gasteiger charge is 2.08. The Morgan fingerprint density at radius 2 is 1.86 bits per heavy atom. The van der Waals surface area contributed by atoms with Crippen molar-refractivity contribution in [2.45, 2.75) is 13.3 Å². The van der Waals surface area contributed by atoms with Crippen LogP contribution in [0.1, 0.15) is 23.7 Å². The molecular formula is C15H18N4O2. The molecule has 0 fully saturated rings. The predicted octanol–water partition coefficient (Wildman–Crippen LogP) is 1.13. The van der Waals surface area contributed by atoms with Crippen molar-refractivity contribution in [1.29, 1.82) is 0 Å². The van der Waals surface area contributed by atoms with Gasteiger partial charge in [0.15, 0.2) is 0 Å². The third kappa shape index (κ3) is 4.45. The van der Waals surface area contributed by atoms with Crippen LogP contribution in [0.5, 0.6) is 0 Å². The summed E-state index contributed by atoms with van der Waals surface area (Å²) in [6.45, 7) is 2.53. The minimum atomic E-state index is -0.167. The van der Waals surface area contributed by atoms with E-state index < -0.39 is 0 Å². The molecule has 0 saturated heterocycles. The molecule has 0 aliphatic heterocycles. The molecule has 1 aromatic carbocycles. The van der Waals surface area contributed by atoms with E-state index in [1.54, 1.807) is 10.9 Å². The van der Waals surface area contributed by atoms with Gasteiger partial charge in [0.2, 0.25) is 5.91 Å². The van der Waals surface area contributed by atoms with Gasteiger partial charge in [-0.2, -0.15) is 5.10 Å². The summed E-state index contributed by atoms with van der Waals surface area (Å²) in [6.07, 6.45) is 3.92. The Morgan fingerprint density at radius 3 is 2.57 bits per heavy atom. The van der Waals surface area contributed by atoms with Crippen LogP contribution in [0.15, 0.2) is 42.7 Å². The molecule has 2 amide bonds. The van der Waals surface area contributed by atoms with Crippen LogP contribution >= 0.6 is 0 Å². The first kappa shape index (κ1) is 14.8. The number of para-hydroxylation sites is 1. The fourth-order valence-electron chi connectivity index (χ4n) is 1.82. The Hall–Kier alpha value is -2.63. The highest BCUT2D eigenvalue weighted by Crippen LogP contribution is 2.07. The Kier molecular flexibility index (Phi) is 5.09. The van der Waals surface area contributed by atoms with Gasteiger partial charge in [-0.1, -0.05) is 18.2 Å². The van der Waals surface area contributed by atoms with Gasteiger partial charge in [0.05, 0.1) is 17.4 Å². The van der Waals surface area contributed by atoms with Gasteiger partial charge in [-0.25, -0.2) is 4.68 Å². The van der Waals surface area contributed by atoms with Crippen molar-refractivity contribution >= 4 is 11.8 Å². The van der Waals surface area contributed by atoms with Crippen LogP contribution in [0.2, 0.25) is 0 Å². The molecule has 2 aromatic rings. The number of carbonyl (C=O) groups is 2. The fourth-order valence-corrected chi connectivity index (χ4v) is 1.82. The third-order valence-electron chi connectivity index (χ3n) is 2.88. The maximum atomic E-state index is 11.9. The van der Waals surface area contributed by atoms with Crippen LogP contribution in [0.4, 0.5) is 0 Å². The lowest BCUT2D eigenvalue weighted by molar-refractivity contribution is -0.118. The van der Waals surface area contributed by atoms with Crippen molar-refractivity contribution in [3.05, 3.63) is 48.3 Å². The topological polar surface area (TPSA) is 76.0 Å². The fraction of sp³-hybridized carbons (Fsp3) is 0.267. The van der Waals surface area contributed by atoms with Crippen LogP contribution in [0.25, 0.3) is 5.69 Å². The largest absolute Gasteiger partial charge is 0.356 e. The number of hydrogen-bond acceptors (Lipinski definition) is 3. The summed E-state index contributed by atoms with van der Waals surface area (Å²) >= 11 is 0. The van der Waals surface area contributed by atoms with Crippen molar-refractivity contribution in [1.82, 2.24) is 20.4 Å². The van der Waals surface area contributed by atoms with Crippen molar-refractivity contribution in [2.75, 3.05) is 13.1 Å². The number of carbonyl (C=O) groups excluding carboxylic acids is 2. The zero-order valence-electron chi connectivity index (χ0n) is 11.9. The highest BCUT2D eigenvalue weighted by molar-refractivity contribution is 5.93. The lowest BCUT2D eigenvalue weighted by Crippen LogP contribution is -2.28. The smallest absolute Gasteiger partial charge is 0.254 e. The molecule has 0 bridgehead atoms. The number of nitrogens with zero attached hydrogens (tertiary/aromatic N) is 2. The van der Waals surface area contributed by atoms with Crippen molar-refractivity contribution in [3.63, 3.8) is 0 Å². The summed E-state index contributed by atoms with van der Waals surface area (Å²) in [7, 11) is 0. The average Bonchev–Trinajstić information content (AvgIpc) is 2.97. The van der Waals surface area contributed by atoms with Crippen LogP contribution in [0, 0.1) is 0 Å². The molecular weight excluding hydrogens is 268 g/mol. The van der Waals surface area contributed by atoms with E-state index in [4.69, 9.17) is 0 Å². The number of benzene rings is 1. The number of amides is 2. The second-order valence-electron chi connectivity index (χ2n) is 4.60. The lowest BCUT2D eigenvalue weighted by Gasteiger charge is -2.04. The molecule has 6 heteroatoms. The number of rotatable bonds is 6. The van der Waals surface area contributed by atoms with Gasteiger partial charge in [-0.15, -0.1) is 0 Å². The molecule has 2 N–H and O–H groups in total. The predicted molar refractivity (Wildman–Crippen MR) is 79.2 cm³/mol. The zero-order chi connectivity index (χ0) is 15.1. The van der Waals surface area contributed by atoms with Gasteiger partial charge < -0.3 is 10.6 Å². The van der Waals surface area contributed by atoms with Gasteiger partial charge in [0, 0.05) is 26.2 Å². The molecule has 21 heavy (non-hydrogen) atoms. The van der Waals surface area contributed by atoms with Gasteiger partial charge in [0.25, 0.3) is 5.91 Å². The van der Waals surface area contributed by atoms with E-state index in [9.17, 15) is 9.59 Å². The van der Waals surface area contributed by atoms with Crippen LogP contribution in [0.3, 0.4) is 0 Å². The molecule has 6 nitrogen and oxygen atoms in total. The standard InChI is InChI=1S/C15H18N4O2/c1-12(20)16-8-5-9-17-15(21)13-10-18-19(11-13)14-6-3-2-4-7-14/h2-4,6-7,10-11H,5,8-9H2,1H3,(H,16,20)(H,17,21). The van der Waals surface area contributed by atoms with E-state index in [0.717, 1.165) is 5.69 Å². The normalized spacial score (nSPS) is 10.1. The molecule has 0 atom stereocenters. The summed E-state index contributed by atoms with van der Waals surface area (Å²) in [5.74, 6) is -0.231. The maximum Gasteiger partial charge on any atom is 0.254 e. The van der Waals surface area contributed by atoms with Crippen LogP contribution in [-0.2, 0) is 4.79 Å². The molecule has 0 radical (unpaired) electrons. The lowest BCUT2D eigenvalue weighted by atomic mass is 10.3. The van der Waals surface area contributed by atoms with Gasteiger partial charge in [-0.3, -0.25) is 9.59 Å². The molecule has 0 saturated carbocycles. The summed E-state index contributed by atoms with van der Waals surface area (Å²) in [5.41, 5.74) is 1.42. The molecule has 1 heterocycles. The summed E-state index contributed by atoms with van der Waals surface area (Å²) in [4.78, 5) is 22.6. The monoisotopic (exact) mass is 286 g/mol. The maximum absolute atomic E-state index is 11.9. The third-order valence-corrected chi connectivity index (χ3v) is 2.88. The number of nitrogens with one attached hydrogen (secondary N) is 2. The second kappa shape index (κ2) is 7.23. The van der Waals surface area contributed by atoms with Crippen LogP contribution in [-0.4, -0.2) is 34.7 Å². The van der Waals surface area contributed by atoms with E-state index in [1.165, 1.54) is 13.1 Å². The molecule has 0 aliphatic rings. The minimum Gasteiger partial charge on any atom is -0.356 e. The Labute approximate surface area is 123 Å². The average molecular weight is 286 g/mol. The first-order valence-corrected chi connectivity index (χ1v) is 6.79. The minimum absolute atomic E-state index is 0.0644.